The quantitative estimate of drug-likeness (QED) is 0.586. The van der Waals surface area contributed by atoms with Crippen LogP contribution in [0.1, 0.15) is 11.1 Å². The van der Waals surface area contributed by atoms with Gasteiger partial charge in [-0.3, -0.25) is 10.1 Å². The Morgan fingerprint density at radius 1 is 1.22 bits per heavy atom. The normalized spacial score (nSPS) is 10.2. The van der Waals surface area contributed by atoms with Crippen LogP contribution in [0.5, 0.6) is 0 Å². The van der Waals surface area contributed by atoms with Gasteiger partial charge in [-0.15, -0.1) is 0 Å². The Morgan fingerprint density at radius 3 is 2.87 bits per heavy atom. The summed E-state index contributed by atoms with van der Waals surface area (Å²) >= 11 is 0. The van der Waals surface area contributed by atoms with E-state index < -0.39 is 4.92 Å². The van der Waals surface area contributed by atoms with E-state index in [1.165, 1.54) is 18.5 Å². The van der Waals surface area contributed by atoms with Gasteiger partial charge < -0.3 is 5.32 Å². The summed E-state index contributed by atoms with van der Waals surface area (Å²) in [4.78, 5) is 18.7. The van der Waals surface area contributed by atoms with E-state index in [0.717, 1.165) is 16.5 Å². The molecular formula is C16H11N5O2. The van der Waals surface area contributed by atoms with E-state index in [1.807, 2.05) is 0 Å². The number of hydrogen-bond acceptors (Lipinski definition) is 6. The number of non-ortho nitro benzene ring substituents is 1. The zero-order valence-electron chi connectivity index (χ0n) is 11.9. The molecule has 1 aromatic heterocycles. The maximum absolute atomic E-state index is 10.8. The Kier molecular flexibility index (Phi) is 3.80. The van der Waals surface area contributed by atoms with Gasteiger partial charge in [0.15, 0.2) is 0 Å². The lowest BCUT2D eigenvalue weighted by Gasteiger charge is -2.08. The molecule has 0 radical (unpaired) electrons. The molecule has 1 heterocycles. The van der Waals surface area contributed by atoms with Crippen LogP contribution in [0.25, 0.3) is 10.9 Å². The van der Waals surface area contributed by atoms with Crippen molar-refractivity contribution in [1.29, 1.82) is 5.26 Å². The Hall–Kier alpha value is -3.53. The van der Waals surface area contributed by atoms with Crippen LogP contribution < -0.4 is 5.32 Å². The van der Waals surface area contributed by atoms with Crippen LogP contribution >= 0.6 is 0 Å². The zero-order valence-corrected chi connectivity index (χ0v) is 11.9. The molecule has 0 saturated heterocycles. The number of anilines is 1. The fourth-order valence-corrected chi connectivity index (χ4v) is 2.23. The number of hydrogen-bond donors (Lipinski definition) is 1. The SMILES string of the molecule is N#Cc1ccc2ncnc(NCc3cccc([N+](=O)[O-])c3)c2c1. The zero-order chi connectivity index (χ0) is 16.2. The molecule has 1 N–H and O–H groups in total. The smallest absolute Gasteiger partial charge is 0.269 e. The van der Waals surface area contributed by atoms with Crippen molar-refractivity contribution in [3.8, 4) is 6.07 Å². The van der Waals surface area contributed by atoms with Crippen LogP contribution in [0.2, 0.25) is 0 Å². The fraction of sp³-hybridized carbons (Fsp3) is 0.0625. The molecule has 0 saturated carbocycles. The van der Waals surface area contributed by atoms with Crippen LogP contribution in [0, 0.1) is 21.4 Å². The molecule has 0 aliphatic carbocycles. The monoisotopic (exact) mass is 305 g/mol. The highest BCUT2D eigenvalue weighted by Gasteiger charge is 2.08. The number of benzene rings is 2. The minimum absolute atomic E-state index is 0.0450. The summed E-state index contributed by atoms with van der Waals surface area (Å²) in [5.74, 6) is 0.582. The van der Waals surface area contributed by atoms with Crippen LogP contribution in [0.4, 0.5) is 11.5 Å². The van der Waals surface area contributed by atoms with Gasteiger partial charge in [0.2, 0.25) is 0 Å². The van der Waals surface area contributed by atoms with Gasteiger partial charge in [-0.1, -0.05) is 12.1 Å². The van der Waals surface area contributed by atoms with Crippen molar-refractivity contribution in [2.75, 3.05) is 5.32 Å². The first kappa shape index (κ1) is 14.4. The minimum Gasteiger partial charge on any atom is -0.365 e. The van der Waals surface area contributed by atoms with E-state index in [2.05, 4.69) is 21.4 Å². The summed E-state index contributed by atoms with van der Waals surface area (Å²) in [6, 6.07) is 13.6. The van der Waals surface area contributed by atoms with Gasteiger partial charge in [0.25, 0.3) is 5.69 Å². The van der Waals surface area contributed by atoms with Gasteiger partial charge in [-0.25, -0.2) is 9.97 Å². The molecule has 0 amide bonds. The maximum Gasteiger partial charge on any atom is 0.269 e. The fourth-order valence-electron chi connectivity index (χ4n) is 2.23. The third kappa shape index (κ3) is 3.06. The molecule has 0 fully saturated rings. The van der Waals surface area contributed by atoms with Crippen LogP contribution in [-0.2, 0) is 6.54 Å². The number of nitro groups is 1. The molecule has 3 rings (SSSR count). The van der Waals surface area contributed by atoms with E-state index in [4.69, 9.17) is 5.26 Å². The van der Waals surface area contributed by atoms with Crippen molar-refractivity contribution in [3.05, 3.63) is 70.0 Å². The van der Waals surface area contributed by atoms with Gasteiger partial charge in [-0.2, -0.15) is 5.26 Å². The summed E-state index contributed by atoms with van der Waals surface area (Å²) in [6.07, 6.45) is 1.43. The number of fused-ring (bicyclic) bond motifs is 1. The summed E-state index contributed by atoms with van der Waals surface area (Å²) in [7, 11) is 0. The Morgan fingerprint density at radius 2 is 2.09 bits per heavy atom. The second-order valence-corrected chi connectivity index (χ2v) is 4.85. The Labute approximate surface area is 131 Å². The van der Waals surface area contributed by atoms with E-state index in [9.17, 15) is 10.1 Å². The van der Waals surface area contributed by atoms with Crippen molar-refractivity contribution in [2.24, 2.45) is 0 Å². The van der Waals surface area contributed by atoms with Crippen molar-refractivity contribution in [3.63, 3.8) is 0 Å². The number of nitrogens with zero attached hydrogens (tertiary/aromatic N) is 4. The van der Waals surface area contributed by atoms with Crippen molar-refractivity contribution < 1.29 is 4.92 Å². The molecule has 0 unspecified atom stereocenters. The molecule has 7 nitrogen and oxygen atoms in total. The minimum atomic E-state index is -0.428. The lowest BCUT2D eigenvalue weighted by Crippen LogP contribution is -2.03. The third-order valence-corrected chi connectivity index (χ3v) is 3.35. The van der Waals surface area contributed by atoms with Crippen molar-refractivity contribution in [1.82, 2.24) is 9.97 Å². The van der Waals surface area contributed by atoms with Crippen molar-refractivity contribution in [2.45, 2.75) is 6.54 Å². The van der Waals surface area contributed by atoms with Gasteiger partial charge in [0.1, 0.15) is 12.1 Å². The number of aromatic nitrogens is 2. The molecule has 0 spiro atoms. The Balaban J connectivity index is 1.89. The van der Waals surface area contributed by atoms with Gasteiger partial charge >= 0.3 is 0 Å². The average molecular weight is 305 g/mol. The largest absolute Gasteiger partial charge is 0.365 e. The van der Waals surface area contributed by atoms with Crippen LogP contribution in [-0.4, -0.2) is 14.9 Å². The van der Waals surface area contributed by atoms with Crippen LogP contribution in [0.3, 0.4) is 0 Å². The lowest BCUT2D eigenvalue weighted by atomic mass is 10.1. The molecule has 112 valence electrons. The predicted octanol–water partition coefficient (Wildman–Crippen LogP) is 3.02. The van der Waals surface area contributed by atoms with Gasteiger partial charge in [-0.05, 0) is 23.8 Å². The molecule has 0 atom stereocenters. The maximum atomic E-state index is 10.8. The first-order valence-electron chi connectivity index (χ1n) is 6.79. The highest BCUT2D eigenvalue weighted by atomic mass is 16.6. The van der Waals surface area contributed by atoms with Crippen molar-refractivity contribution >= 4 is 22.4 Å². The third-order valence-electron chi connectivity index (χ3n) is 3.35. The second-order valence-electron chi connectivity index (χ2n) is 4.85. The molecule has 2 aromatic carbocycles. The number of nitriles is 1. The molecule has 3 aromatic rings. The number of rotatable bonds is 4. The second kappa shape index (κ2) is 6.07. The molecule has 0 aliphatic rings. The lowest BCUT2D eigenvalue weighted by molar-refractivity contribution is -0.384. The molecule has 7 heteroatoms. The molecular weight excluding hydrogens is 294 g/mol. The first-order chi connectivity index (χ1) is 11.2. The number of nitro benzene ring substituents is 1. The topological polar surface area (TPSA) is 105 Å². The van der Waals surface area contributed by atoms with E-state index in [1.54, 1.807) is 30.3 Å². The van der Waals surface area contributed by atoms with E-state index in [0.29, 0.717) is 17.9 Å². The van der Waals surface area contributed by atoms with E-state index in [-0.39, 0.29) is 5.69 Å². The number of nitrogens with one attached hydrogen (secondary N) is 1. The first-order valence-corrected chi connectivity index (χ1v) is 6.79. The van der Waals surface area contributed by atoms with Gasteiger partial charge in [0.05, 0.1) is 22.1 Å². The summed E-state index contributed by atoms with van der Waals surface area (Å²) < 4.78 is 0. The molecule has 0 aliphatic heterocycles. The average Bonchev–Trinajstić information content (AvgIpc) is 2.59. The summed E-state index contributed by atoms with van der Waals surface area (Å²) in [5.41, 5.74) is 2.05. The standard InChI is InChI=1S/C16H11N5O2/c17-8-11-4-5-15-14(7-11)16(20-10-19-15)18-9-12-2-1-3-13(6-12)21(22)23/h1-7,10H,9H2,(H,18,19,20). The summed E-state index contributed by atoms with van der Waals surface area (Å²) in [5, 5.41) is 23.7. The summed E-state index contributed by atoms with van der Waals surface area (Å²) in [6.45, 7) is 0.380. The van der Waals surface area contributed by atoms with E-state index >= 15 is 0 Å². The molecule has 0 bridgehead atoms. The predicted molar refractivity (Wildman–Crippen MR) is 84.7 cm³/mol. The van der Waals surface area contributed by atoms with Crippen LogP contribution in [0.15, 0.2) is 48.8 Å². The molecule has 23 heavy (non-hydrogen) atoms. The Bertz CT molecular complexity index is 933. The van der Waals surface area contributed by atoms with Gasteiger partial charge in [0, 0.05) is 24.1 Å². The highest BCUT2D eigenvalue weighted by Crippen LogP contribution is 2.21. The highest BCUT2D eigenvalue weighted by molar-refractivity contribution is 5.89.